The van der Waals surface area contributed by atoms with Crippen LogP contribution in [-0.4, -0.2) is 50.4 Å². The second kappa shape index (κ2) is 5.21. The Labute approximate surface area is 120 Å². The molecule has 0 bridgehead atoms. The molecule has 1 aliphatic rings. The molecular formula is C12H18N5O2S+. The monoisotopic (exact) mass is 296 g/mol. The number of hydrogen-bond acceptors (Lipinski definition) is 6. The summed E-state index contributed by atoms with van der Waals surface area (Å²) < 4.78 is 0. The number of H-pyrrole nitrogens is 2. The minimum Gasteiger partial charge on any atom is -0.389 e. The number of aliphatic hydroxyl groups is 2. The maximum absolute atomic E-state index is 10.3. The molecule has 1 saturated heterocycles. The van der Waals surface area contributed by atoms with Crippen molar-refractivity contribution in [3.8, 4) is 0 Å². The Morgan fingerprint density at radius 1 is 1.45 bits per heavy atom. The van der Waals surface area contributed by atoms with Crippen molar-refractivity contribution >= 4 is 28.6 Å². The minimum atomic E-state index is -0.863. The molecule has 0 aliphatic carbocycles. The van der Waals surface area contributed by atoms with Crippen molar-refractivity contribution < 1.29 is 15.2 Å². The van der Waals surface area contributed by atoms with Gasteiger partial charge in [0.25, 0.3) is 0 Å². The molecule has 0 amide bonds. The summed E-state index contributed by atoms with van der Waals surface area (Å²) in [4.78, 5) is 10.2. The van der Waals surface area contributed by atoms with E-state index in [2.05, 4.69) is 20.3 Å². The summed E-state index contributed by atoms with van der Waals surface area (Å²) in [6.07, 6.45) is 3.62. The third kappa shape index (κ3) is 2.05. The smallest absolute Gasteiger partial charge is 0.244 e. The highest BCUT2D eigenvalue weighted by Crippen LogP contribution is 2.32. The van der Waals surface area contributed by atoms with Gasteiger partial charge in [-0.3, -0.25) is 0 Å². The van der Waals surface area contributed by atoms with Crippen LogP contribution in [0.4, 0.5) is 5.82 Å². The lowest BCUT2D eigenvalue weighted by molar-refractivity contribution is -0.363. The highest BCUT2D eigenvalue weighted by atomic mass is 32.2. The number of hydrogen-bond donors (Lipinski definition) is 5. The number of aromatic nitrogens is 3. The molecule has 2 aromatic heterocycles. The van der Waals surface area contributed by atoms with Gasteiger partial charge in [-0.15, -0.1) is 4.98 Å². The number of nitrogens with zero attached hydrogens (tertiary/aromatic N) is 1. The summed E-state index contributed by atoms with van der Waals surface area (Å²) in [5.41, 5.74) is 8.07. The zero-order valence-corrected chi connectivity index (χ0v) is 11.8. The topological polar surface area (TPSA) is 121 Å². The molecule has 4 atom stereocenters. The van der Waals surface area contributed by atoms with Crippen LogP contribution in [0.2, 0.25) is 0 Å². The van der Waals surface area contributed by atoms with E-state index in [-0.39, 0.29) is 12.1 Å². The minimum absolute atomic E-state index is 0.137. The largest absolute Gasteiger partial charge is 0.389 e. The van der Waals surface area contributed by atoms with Crippen LogP contribution in [0.25, 0.3) is 11.0 Å². The molecule has 8 heteroatoms. The summed E-state index contributed by atoms with van der Waals surface area (Å²) in [6.45, 7) is 0. The lowest BCUT2D eigenvalue weighted by Crippen LogP contribution is -2.34. The highest BCUT2D eigenvalue weighted by molar-refractivity contribution is 7.98. The second-order valence-electron chi connectivity index (χ2n) is 4.97. The van der Waals surface area contributed by atoms with Gasteiger partial charge in [0, 0.05) is 23.6 Å². The van der Waals surface area contributed by atoms with Crippen LogP contribution in [0, 0.1) is 0 Å². The zero-order valence-electron chi connectivity index (χ0n) is 11.0. The lowest BCUT2D eigenvalue weighted by atomic mass is 10.0. The predicted molar refractivity (Wildman–Crippen MR) is 77.1 cm³/mol. The number of aromatic amines is 2. The predicted octanol–water partition coefficient (Wildman–Crippen LogP) is -0.943. The van der Waals surface area contributed by atoms with E-state index in [1.807, 2.05) is 6.26 Å². The van der Waals surface area contributed by atoms with Crippen LogP contribution in [-0.2, 0) is 0 Å². The van der Waals surface area contributed by atoms with E-state index in [0.717, 1.165) is 11.3 Å². The molecule has 3 rings (SSSR count). The molecule has 0 unspecified atom stereocenters. The van der Waals surface area contributed by atoms with E-state index in [0.29, 0.717) is 16.9 Å². The van der Waals surface area contributed by atoms with Crippen molar-refractivity contribution in [1.29, 1.82) is 0 Å². The molecule has 0 spiro atoms. The van der Waals surface area contributed by atoms with Gasteiger partial charge in [-0.25, -0.2) is 4.98 Å². The Bertz CT molecular complexity index is 619. The standard InChI is InChI=1S/C12H17N5O2S/c1-20-3-6-10(18)11(19)8(17-6)5-2-14-9-7(5)15-4-16-12(9)13/h2,4,6,8,10-11,14,17-19H,3H2,1H3,(H2,13,15,16)/p+1/t6-,8+,10-,11+/m1/s1. The van der Waals surface area contributed by atoms with Crippen molar-refractivity contribution in [2.45, 2.75) is 24.3 Å². The number of anilines is 1. The Morgan fingerprint density at radius 3 is 3.00 bits per heavy atom. The third-order valence-electron chi connectivity index (χ3n) is 3.74. The first-order valence-electron chi connectivity index (χ1n) is 6.37. The van der Waals surface area contributed by atoms with Crippen LogP contribution < -0.4 is 16.0 Å². The first-order valence-corrected chi connectivity index (χ1v) is 7.77. The van der Waals surface area contributed by atoms with Crippen LogP contribution in [0.3, 0.4) is 0 Å². The average molecular weight is 296 g/mol. The Morgan fingerprint density at radius 2 is 2.25 bits per heavy atom. The Balaban J connectivity index is 1.97. The second-order valence-corrected chi connectivity index (χ2v) is 5.88. The molecule has 0 radical (unpaired) electrons. The summed E-state index contributed by atoms with van der Waals surface area (Å²) in [7, 11) is 0. The number of nitrogen functional groups attached to an aromatic ring is 1. The van der Waals surface area contributed by atoms with Gasteiger partial charge in [-0.05, 0) is 6.26 Å². The fourth-order valence-corrected chi connectivity index (χ4v) is 3.37. The molecule has 7 nitrogen and oxygen atoms in total. The molecule has 2 aromatic rings. The fourth-order valence-electron chi connectivity index (χ4n) is 2.71. The Kier molecular flexibility index (Phi) is 3.55. The molecule has 3 heterocycles. The third-order valence-corrected chi connectivity index (χ3v) is 4.44. The molecule has 0 saturated carbocycles. The SMILES string of the molecule is CSC[C@H]1N[C@@H](c2c[nH]c3c(N)[nH+]cnc23)[C@H](O)[C@@H]1O. The zero-order chi connectivity index (χ0) is 14.3. The van der Waals surface area contributed by atoms with Gasteiger partial charge in [0.2, 0.25) is 12.1 Å². The molecular weight excluding hydrogens is 278 g/mol. The van der Waals surface area contributed by atoms with Gasteiger partial charge in [-0.2, -0.15) is 11.8 Å². The van der Waals surface area contributed by atoms with Gasteiger partial charge in [0.1, 0.15) is 6.10 Å². The van der Waals surface area contributed by atoms with Gasteiger partial charge < -0.3 is 26.2 Å². The van der Waals surface area contributed by atoms with E-state index in [4.69, 9.17) is 5.73 Å². The number of nitrogens with one attached hydrogen (secondary N) is 3. The van der Waals surface area contributed by atoms with Gasteiger partial charge in [0.05, 0.1) is 12.1 Å². The van der Waals surface area contributed by atoms with E-state index in [1.165, 1.54) is 6.33 Å². The average Bonchev–Trinajstić information content (AvgIpc) is 2.97. The number of fused-ring (bicyclic) bond motifs is 1. The summed E-state index contributed by atoms with van der Waals surface area (Å²) in [5.74, 6) is 1.23. The molecule has 1 fully saturated rings. The van der Waals surface area contributed by atoms with Gasteiger partial charge in [-0.1, -0.05) is 0 Å². The van der Waals surface area contributed by atoms with Crippen LogP contribution in [0.1, 0.15) is 11.6 Å². The van der Waals surface area contributed by atoms with Crippen molar-refractivity contribution in [3.05, 3.63) is 18.1 Å². The quantitative estimate of drug-likeness (QED) is 0.498. The van der Waals surface area contributed by atoms with Crippen molar-refractivity contribution in [2.75, 3.05) is 17.7 Å². The first-order chi connectivity index (χ1) is 9.63. The molecule has 20 heavy (non-hydrogen) atoms. The Hall–Kier alpha value is -1.35. The van der Waals surface area contributed by atoms with Gasteiger partial charge >= 0.3 is 0 Å². The maximum atomic E-state index is 10.3. The maximum Gasteiger partial charge on any atom is 0.244 e. The summed E-state index contributed by atoms with van der Waals surface area (Å²) in [6, 6.07) is -0.493. The molecule has 1 aliphatic heterocycles. The van der Waals surface area contributed by atoms with E-state index in [9.17, 15) is 10.2 Å². The van der Waals surface area contributed by atoms with Crippen molar-refractivity contribution in [3.63, 3.8) is 0 Å². The molecule has 108 valence electrons. The molecule has 7 N–H and O–H groups in total. The fraction of sp³-hybridized carbons (Fsp3) is 0.500. The summed E-state index contributed by atoms with van der Waals surface area (Å²) >= 11 is 1.63. The highest BCUT2D eigenvalue weighted by Gasteiger charge is 2.42. The lowest BCUT2D eigenvalue weighted by Gasteiger charge is -2.14. The van der Waals surface area contributed by atoms with Crippen LogP contribution >= 0.6 is 11.8 Å². The molecule has 0 aromatic carbocycles. The van der Waals surface area contributed by atoms with Crippen LogP contribution in [0.5, 0.6) is 0 Å². The van der Waals surface area contributed by atoms with Crippen molar-refractivity contribution in [1.82, 2.24) is 15.3 Å². The van der Waals surface area contributed by atoms with E-state index >= 15 is 0 Å². The number of rotatable bonds is 3. The number of aliphatic hydroxyl groups excluding tert-OH is 2. The van der Waals surface area contributed by atoms with Crippen LogP contribution in [0.15, 0.2) is 12.5 Å². The normalized spacial score (nSPS) is 30.1. The summed E-state index contributed by atoms with van der Waals surface area (Å²) in [5, 5.41) is 23.6. The number of nitrogens with two attached hydrogens (primary N) is 1. The van der Waals surface area contributed by atoms with E-state index < -0.39 is 12.2 Å². The first kappa shape index (κ1) is 13.6. The van der Waals surface area contributed by atoms with E-state index in [1.54, 1.807) is 18.0 Å². The van der Waals surface area contributed by atoms with Gasteiger partial charge in [0.15, 0.2) is 11.0 Å². The number of thioether (sulfide) groups is 1. The van der Waals surface area contributed by atoms with Crippen molar-refractivity contribution in [2.24, 2.45) is 0 Å².